The largest absolute Gasteiger partial charge is 0.460 e. The summed E-state index contributed by atoms with van der Waals surface area (Å²) in [5.74, 6) is 5.82. The lowest BCUT2D eigenvalue weighted by Crippen LogP contribution is -2.52. The van der Waals surface area contributed by atoms with Crippen LogP contribution in [0.5, 0.6) is 0 Å². The van der Waals surface area contributed by atoms with Gasteiger partial charge < -0.3 is 39.9 Å². The highest BCUT2D eigenvalue weighted by atomic mass is 32.1. The van der Waals surface area contributed by atoms with Crippen LogP contribution < -0.4 is 16.6 Å². The van der Waals surface area contributed by atoms with Crippen molar-refractivity contribution in [3.05, 3.63) is 68.5 Å². The highest BCUT2D eigenvalue weighted by molar-refractivity contribution is 7.12. The van der Waals surface area contributed by atoms with Crippen molar-refractivity contribution in [1.82, 2.24) is 9.80 Å². The van der Waals surface area contributed by atoms with E-state index in [1.54, 1.807) is 22.0 Å². The van der Waals surface area contributed by atoms with Crippen molar-refractivity contribution in [2.24, 2.45) is 11.3 Å². The van der Waals surface area contributed by atoms with E-state index in [1.165, 1.54) is 22.7 Å². The van der Waals surface area contributed by atoms with Crippen LogP contribution in [0.25, 0.3) is 0 Å². The van der Waals surface area contributed by atoms with E-state index >= 15 is 0 Å². The first-order valence-electron chi connectivity index (χ1n) is 16.3. The number of hydrogen-bond acceptors (Lipinski definition) is 12. The van der Waals surface area contributed by atoms with Gasteiger partial charge in [0.15, 0.2) is 6.29 Å². The van der Waals surface area contributed by atoms with Gasteiger partial charge in [0.05, 0.1) is 34.3 Å². The number of thiophene rings is 2. The minimum absolute atomic E-state index is 0.119. The molecule has 254 valence electrons. The number of likely N-dealkylation sites (tertiary alicyclic amines) is 1. The number of hydrogen-bond donors (Lipinski definition) is 3. The second-order valence-electron chi connectivity index (χ2n) is 12.9. The SMILES string of the molecule is CN(CCCN(N)c1ccc(C2OCCO2)cc1N)C(=O)CCN1CCC2(CC1)CC(OC(=O)C(O)(c1cccs1)c1cccs1)C2. The van der Waals surface area contributed by atoms with Gasteiger partial charge in [-0.3, -0.25) is 4.79 Å². The summed E-state index contributed by atoms with van der Waals surface area (Å²) in [6, 6.07) is 12.9. The molecule has 2 aliphatic heterocycles. The number of hydrazine groups is 1. The minimum atomic E-state index is -1.76. The van der Waals surface area contributed by atoms with Gasteiger partial charge in [0.25, 0.3) is 0 Å². The molecule has 13 heteroatoms. The molecule has 3 aliphatic rings. The Hall–Kier alpha value is -3.04. The molecule has 1 saturated carbocycles. The lowest BCUT2D eigenvalue weighted by atomic mass is 9.61. The first-order chi connectivity index (χ1) is 22.7. The Morgan fingerprint density at radius 1 is 1.06 bits per heavy atom. The van der Waals surface area contributed by atoms with Crippen molar-refractivity contribution in [3.8, 4) is 0 Å². The number of esters is 1. The minimum Gasteiger partial charge on any atom is -0.460 e. The van der Waals surface area contributed by atoms with Crippen LogP contribution in [0, 0.1) is 5.41 Å². The average Bonchev–Trinajstić information content (AvgIpc) is 3.87. The zero-order chi connectivity index (χ0) is 33.0. The Morgan fingerprint density at radius 3 is 2.32 bits per heavy atom. The second kappa shape index (κ2) is 14.6. The van der Waals surface area contributed by atoms with Gasteiger partial charge in [0, 0.05) is 38.7 Å². The topological polar surface area (TPSA) is 144 Å². The molecule has 1 aromatic carbocycles. The Balaban J connectivity index is 0.882. The number of benzene rings is 1. The molecular formula is C34H45N5O6S2. The summed E-state index contributed by atoms with van der Waals surface area (Å²) in [5.41, 5.74) is 6.83. The number of carbonyl (C=O) groups excluding carboxylic acids is 2. The number of nitrogens with zero attached hydrogens (tertiary/aromatic N) is 3. The average molecular weight is 684 g/mol. The van der Waals surface area contributed by atoms with Gasteiger partial charge in [-0.15, -0.1) is 22.7 Å². The van der Waals surface area contributed by atoms with Crippen LogP contribution in [0.3, 0.4) is 0 Å². The zero-order valence-corrected chi connectivity index (χ0v) is 28.5. The number of ether oxygens (including phenoxy) is 3. The molecule has 0 unspecified atom stereocenters. The molecule has 0 bridgehead atoms. The molecule has 3 fully saturated rings. The quantitative estimate of drug-likeness (QED) is 0.104. The predicted octanol–water partition coefficient (Wildman–Crippen LogP) is 4.08. The van der Waals surface area contributed by atoms with Gasteiger partial charge >= 0.3 is 5.97 Å². The molecule has 5 N–H and O–H groups in total. The first-order valence-corrected chi connectivity index (χ1v) is 18.1. The number of anilines is 2. The summed E-state index contributed by atoms with van der Waals surface area (Å²) in [4.78, 5) is 31.5. The maximum Gasteiger partial charge on any atom is 0.349 e. The molecule has 0 atom stereocenters. The molecule has 1 spiro atoms. The molecule has 11 nitrogen and oxygen atoms in total. The molecule has 3 aromatic rings. The third-order valence-electron chi connectivity index (χ3n) is 9.78. The lowest BCUT2D eigenvalue weighted by Gasteiger charge is -2.51. The van der Waals surface area contributed by atoms with Crippen molar-refractivity contribution in [2.75, 3.05) is 63.7 Å². The predicted molar refractivity (Wildman–Crippen MR) is 183 cm³/mol. The molecule has 6 rings (SSSR count). The third kappa shape index (κ3) is 7.51. The maximum atomic E-state index is 13.3. The molecule has 47 heavy (non-hydrogen) atoms. The van der Waals surface area contributed by atoms with Gasteiger partial charge in [0.2, 0.25) is 11.5 Å². The Labute approximate surface area is 283 Å². The second-order valence-corrected chi connectivity index (χ2v) is 14.8. The lowest BCUT2D eigenvalue weighted by molar-refractivity contribution is -0.181. The molecule has 2 saturated heterocycles. The van der Waals surface area contributed by atoms with Gasteiger partial charge in [-0.05, 0) is 85.6 Å². The summed E-state index contributed by atoms with van der Waals surface area (Å²) in [5, 5.41) is 16.8. The number of nitrogen functional groups attached to an aromatic ring is 1. The van der Waals surface area contributed by atoms with E-state index in [4.69, 9.17) is 25.8 Å². The van der Waals surface area contributed by atoms with Crippen LogP contribution in [-0.2, 0) is 29.4 Å². The van der Waals surface area contributed by atoms with E-state index in [0.717, 1.165) is 56.6 Å². The Bertz CT molecular complexity index is 1450. The van der Waals surface area contributed by atoms with Crippen LogP contribution in [0.15, 0.2) is 53.2 Å². The van der Waals surface area contributed by atoms with E-state index in [2.05, 4.69) is 4.90 Å². The summed E-state index contributed by atoms with van der Waals surface area (Å²) in [6.07, 6.45) is 4.28. The fourth-order valence-electron chi connectivity index (χ4n) is 6.88. The van der Waals surface area contributed by atoms with E-state index in [-0.39, 0.29) is 23.7 Å². The van der Waals surface area contributed by atoms with Crippen molar-refractivity contribution < 1.29 is 28.9 Å². The van der Waals surface area contributed by atoms with Crippen molar-refractivity contribution in [1.29, 1.82) is 0 Å². The van der Waals surface area contributed by atoms with Gasteiger partial charge in [-0.1, -0.05) is 18.2 Å². The normalized spacial score (nSPS) is 18.7. The third-order valence-corrected chi connectivity index (χ3v) is 11.7. The highest BCUT2D eigenvalue weighted by Crippen LogP contribution is 2.51. The molecule has 0 radical (unpaired) electrons. The van der Waals surface area contributed by atoms with Gasteiger partial charge in [0.1, 0.15) is 6.10 Å². The molecule has 4 heterocycles. The fraction of sp³-hybridized carbons (Fsp3) is 0.529. The number of rotatable bonds is 13. The zero-order valence-electron chi connectivity index (χ0n) is 26.8. The van der Waals surface area contributed by atoms with Gasteiger partial charge in [-0.2, -0.15) is 0 Å². The maximum absolute atomic E-state index is 13.3. The fourth-order valence-corrected chi connectivity index (χ4v) is 8.59. The van der Waals surface area contributed by atoms with Crippen LogP contribution >= 0.6 is 22.7 Å². The number of nitrogens with two attached hydrogens (primary N) is 2. The molecular weight excluding hydrogens is 639 g/mol. The van der Waals surface area contributed by atoms with E-state index in [1.807, 2.05) is 48.1 Å². The summed E-state index contributed by atoms with van der Waals surface area (Å²) < 4.78 is 17.0. The Morgan fingerprint density at radius 2 is 1.72 bits per heavy atom. The van der Waals surface area contributed by atoms with Crippen molar-refractivity contribution in [3.63, 3.8) is 0 Å². The molecule has 1 aliphatic carbocycles. The molecule has 1 amide bonds. The number of carbonyl (C=O) groups is 2. The highest BCUT2D eigenvalue weighted by Gasteiger charge is 2.51. The van der Waals surface area contributed by atoms with Crippen molar-refractivity contribution in [2.45, 2.75) is 56.5 Å². The van der Waals surface area contributed by atoms with Gasteiger partial charge in [-0.25, -0.2) is 10.6 Å². The van der Waals surface area contributed by atoms with Crippen LogP contribution in [0.2, 0.25) is 0 Å². The summed E-state index contributed by atoms with van der Waals surface area (Å²) >= 11 is 2.71. The first kappa shape index (κ1) is 33.8. The van der Waals surface area contributed by atoms with E-state index in [9.17, 15) is 14.7 Å². The summed E-state index contributed by atoms with van der Waals surface area (Å²) in [7, 11) is 1.84. The van der Waals surface area contributed by atoms with Crippen molar-refractivity contribution >= 4 is 45.9 Å². The molecule has 2 aromatic heterocycles. The van der Waals surface area contributed by atoms with Crippen LogP contribution in [0.1, 0.15) is 60.1 Å². The monoisotopic (exact) mass is 683 g/mol. The van der Waals surface area contributed by atoms with Crippen LogP contribution in [-0.4, -0.2) is 85.9 Å². The smallest absolute Gasteiger partial charge is 0.349 e. The number of aliphatic hydroxyl groups is 1. The Kier molecular flexibility index (Phi) is 10.5. The van der Waals surface area contributed by atoms with E-state index in [0.29, 0.717) is 54.6 Å². The number of amides is 1. The summed E-state index contributed by atoms with van der Waals surface area (Å²) in [6.45, 7) is 4.88. The van der Waals surface area contributed by atoms with E-state index < -0.39 is 11.6 Å². The van der Waals surface area contributed by atoms with Crippen LogP contribution in [0.4, 0.5) is 11.4 Å². The number of piperidine rings is 1. The standard InChI is InChI=1S/C34H45N5O6S2/c1-37(12-4-13-39(36)27-8-7-24(21-26(27)35)31-43-17-18-44-31)30(40)9-14-38-15-10-33(11-16-38)22-25(23-33)45-32(41)34(42,28-5-2-19-46-28)29-6-3-20-47-29/h2-3,5-8,19-21,25,31,42H,4,9-18,22-23,35-36H2,1H3.